The smallest absolute Gasteiger partial charge is 0.00638 e. The molecular weight excluding hydrogens is 122 g/mol. The lowest BCUT2D eigenvalue weighted by molar-refractivity contribution is 0.357. The molecular formula is C9H21N. The predicted octanol–water partition coefficient (Wildman–Crippen LogP) is 2.42. The molecule has 1 N–H and O–H groups in total. The quantitative estimate of drug-likeness (QED) is 0.623. The molecule has 0 unspecified atom stereocenters. The van der Waals surface area contributed by atoms with Crippen molar-refractivity contribution in [2.24, 2.45) is 5.92 Å². The van der Waals surface area contributed by atoms with Crippen LogP contribution in [0.4, 0.5) is 0 Å². The Labute approximate surface area is 65.2 Å². The normalized spacial score (nSPS) is 16.8. The molecule has 0 heterocycles. The van der Waals surface area contributed by atoms with E-state index in [-0.39, 0.29) is 0 Å². The van der Waals surface area contributed by atoms with Crippen molar-refractivity contribution < 1.29 is 0 Å². The number of hydrogen-bond donors (Lipinski definition) is 1. The predicted molar refractivity (Wildman–Crippen MR) is 47.2 cm³/mol. The highest BCUT2D eigenvalue weighted by Crippen LogP contribution is 2.14. The van der Waals surface area contributed by atoms with Crippen molar-refractivity contribution in [3.8, 4) is 0 Å². The summed E-state index contributed by atoms with van der Waals surface area (Å²) in [5, 5.41) is 3.30. The van der Waals surface area contributed by atoms with Crippen LogP contribution in [0.25, 0.3) is 0 Å². The SMILES string of the molecule is CCC[C@@H](CC)[C@H](C)NC. The van der Waals surface area contributed by atoms with E-state index in [0.29, 0.717) is 6.04 Å². The van der Waals surface area contributed by atoms with Gasteiger partial charge in [-0.05, 0) is 26.3 Å². The van der Waals surface area contributed by atoms with Gasteiger partial charge in [-0.15, -0.1) is 0 Å². The number of hydrogen-bond acceptors (Lipinski definition) is 1. The first kappa shape index (κ1) is 9.96. The molecule has 0 amide bonds. The zero-order valence-corrected chi connectivity index (χ0v) is 7.78. The van der Waals surface area contributed by atoms with Crippen LogP contribution in [0.1, 0.15) is 40.0 Å². The summed E-state index contributed by atoms with van der Waals surface area (Å²) in [5.74, 6) is 0.870. The highest BCUT2D eigenvalue weighted by molar-refractivity contribution is 4.68. The molecule has 2 atom stereocenters. The van der Waals surface area contributed by atoms with Gasteiger partial charge in [0.1, 0.15) is 0 Å². The van der Waals surface area contributed by atoms with Gasteiger partial charge in [0.2, 0.25) is 0 Å². The van der Waals surface area contributed by atoms with Gasteiger partial charge >= 0.3 is 0 Å². The van der Waals surface area contributed by atoms with Crippen LogP contribution in [-0.4, -0.2) is 13.1 Å². The first-order chi connectivity index (χ1) is 4.76. The lowest BCUT2D eigenvalue weighted by atomic mass is 9.94. The van der Waals surface area contributed by atoms with Crippen molar-refractivity contribution in [1.82, 2.24) is 5.32 Å². The van der Waals surface area contributed by atoms with Crippen molar-refractivity contribution in [3.05, 3.63) is 0 Å². The molecule has 0 aromatic carbocycles. The van der Waals surface area contributed by atoms with Crippen molar-refractivity contribution in [1.29, 1.82) is 0 Å². The van der Waals surface area contributed by atoms with Gasteiger partial charge < -0.3 is 5.32 Å². The molecule has 0 bridgehead atoms. The molecule has 10 heavy (non-hydrogen) atoms. The third kappa shape index (κ3) is 3.21. The average molecular weight is 143 g/mol. The Morgan fingerprint density at radius 2 is 1.90 bits per heavy atom. The molecule has 0 radical (unpaired) electrons. The fraction of sp³-hybridized carbons (Fsp3) is 1.00. The second-order valence-corrected chi connectivity index (χ2v) is 3.03. The van der Waals surface area contributed by atoms with E-state index < -0.39 is 0 Å². The van der Waals surface area contributed by atoms with E-state index in [1.165, 1.54) is 19.3 Å². The number of nitrogens with one attached hydrogen (secondary N) is 1. The molecule has 0 aliphatic rings. The standard InChI is InChI=1S/C9H21N/c1-5-7-9(6-2)8(3)10-4/h8-10H,5-7H2,1-4H3/t8-,9+/m0/s1. The fourth-order valence-corrected chi connectivity index (χ4v) is 1.41. The molecule has 0 aromatic rings. The van der Waals surface area contributed by atoms with Crippen LogP contribution in [0.2, 0.25) is 0 Å². The number of rotatable bonds is 5. The van der Waals surface area contributed by atoms with Crippen molar-refractivity contribution in [2.75, 3.05) is 7.05 Å². The molecule has 62 valence electrons. The molecule has 0 aromatic heterocycles. The topological polar surface area (TPSA) is 12.0 Å². The zero-order chi connectivity index (χ0) is 7.98. The Balaban J connectivity index is 3.56. The van der Waals surface area contributed by atoms with Crippen LogP contribution >= 0.6 is 0 Å². The Morgan fingerprint density at radius 1 is 1.30 bits per heavy atom. The van der Waals surface area contributed by atoms with E-state index in [1.807, 2.05) is 7.05 Å². The van der Waals surface area contributed by atoms with Crippen molar-refractivity contribution >= 4 is 0 Å². The van der Waals surface area contributed by atoms with E-state index in [1.54, 1.807) is 0 Å². The lowest BCUT2D eigenvalue weighted by Crippen LogP contribution is -2.29. The fourth-order valence-electron chi connectivity index (χ4n) is 1.41. The first-order valence-corrected chi connectivity index (χ1v) is 4.43. The van der Waals surface area contributed by atoms with Gasteiger partial charge in [0.15, 0.2) is 0 Å². The van der Waals surface area contributed by atoms with Crippen LogP contribution in [0.3, 0.4) is 0 Å². The Hall–Kier alpha value is -0.0400. The summed E-state index contributed by atoms with van der Waals surface area (Å²) < 4.78 is 0. The third-order valence-electron chi connectivity index (χ3n) is 2.35. The summed E-state index contributed by atoms with van der Waals surface area (Å²) in [5.41, 5.74) is 0. The minimum absolute atomic E-state index is 0.685. The minimum atomic E-state index is 0.685. The van der Waals surface area contributed by atoms with Crippen molar-refractivity contribution in [2.45, 2.75) is 46.1 Å². The zero-order valence-electron chi connectivity index (χ0n) is 7.78. The van der Waals surface area contributed by atoms with Crippen LogP contribution in [0.15, 0.2) is 0 Å². The molecule has 0 saturated carbocycles. The molecule has 1 nitrogen and oxygen atoms in total. The van der Waals surface area contributed by atoms with Gasteiger partial charge in [0.05, 0.1) is 0 Å². The third-order valence-corrected chi connectivity index (χ3v) is 2.35. The highest BCUT2D eigenvalue weighted by Gasteiger charge is 2.11. The van der Waals surface area contributed by atoms with E-state index in [2.05, 4.69) is 26.1 Å². The lowest BCUT2D eigenvalue weighted by Gasteiger charge is -2.21. The van der Waals surface area contributed by atoms with Gasteiger partial charge in [-0.1, -0.05) is 26.7 Å². The van der Waals surface area contributed by atoms with Gasteiger partial charge in [0.25, 0.3) is 0 Å². The van der Waals surface area contributed by atoms with Gasteiger partial charge in [-0.3, -0.25) is 0 Å². The Kier molecular flexibility index (Phi) is 5.70. The second kappa shape index (κ2) is 5.72. The molecule has 0 aliphatic heterocycles. The maximum Gasteiger partial charge on any atom is 0.00638 e. The highest BCUT2D eigenvalue weighted by atomic mass is 14.9. The molecule has 1 heteroatoms. The van der Waals surface area contributed by atoms with Crippen molar-refractivity contribution in [3.63, 3.8) is 0 Å². The van der Waals surface area contributed by atoms with Crippen LogP contribution < -0.4 is 5.32 Å². The second-order valence-electron chi connectivity index (χ2n) is 3.03. The summed E-state index contributed by atoms with van der Waals surface area (Å²) in [7, 11) is 2.04. The van der Waals surface area contributed by atoms with E-state index in [9.17, 15) is 0 Å². The van der Waals surface area contributed by atoms with Crippen LogP contribution in [0.5, 0.6) is 0 Å². The van der Waals surface area contributed by atoms with Gasteiger partial charge in [0, 0.05) is 6.04 Å². The maximum atomic E-state index is 3.30. The largest absolute Gasteiger partial charge is 0.317 e. The Morgan fingerprint density at radius 3 is 2.20 bits per heavy atom. The van der Waals surface area contributed by atoms with Gasteiger partial charge in [-0.25, -0.2) is 0 Å². The maximum absolute atomic E-state index is 3.30. The van der Waals surface area contributed by atoms with Crippen LogP contribution in [-0.2, 0) is 0 Å². The molecule has 0 fully saturated rings. The Bertz CT molecular complexity index is 71.1. The molecule has 0 rings (SSSR count). The van der Waals surface area contributed by atoms with E-state index in [4.69, 9.17) is 0 Å². The van der Waals surface area contributed by atoms with E-state index >= 15 is 0 Å². The summed E-state index contributed by atoms with van der Waals surface area (Å²) in [6.45, 7) is 6.79. The summed E-state index contributed by atoms with van der Waals surface area (Å²) >= 11 is 0. The summed E-state index contributed by atoms with van der Waals surface area (Å²) in [6.07, 6.45) is 3.97. The van der Waals surface area contributed by atoms with Crippen LogP contribution in [0, 0.1) is 5.92 Å². The minimum Gasteiger partial charge on any atom is -0.317 e. The molecule has 0 saturated heterocycles. The summed E-state index contributed by atoms with van der Waals surface area (Å²) in [6, 6.07) is 0.685. The first-order valence-electron chi connectivity index (χ1n) is 4.43. The summed E-state index contributed by atoms with van der Waals surface area (Å²) in [4.78, 5) is 0. The van der Waals surface area contributed by atoms with E-state index in [0.717, 1.165) is 5.92 Å². The molecule has 0 spiro atoms. The molecule has 0 aliphatic carbocycles. The van der Waals surface area contributed by atoms with Gasteiger partial charge in [-0.2, -0.15) is 0 Å². The monoisotopic (exact) mass is 143 g/mol. The average Bonchev–Trinajstić information content (AvgIpc) is 1.99.